The first-order valence-electron chi connectivity index (χ1n) is 14.3. The molecule has 230 valence electrons. The number of aromatic carboxylic acids is 1. The topological polar surface area (TPSA) is 72.8 Å². The second-order valence-electron chi connectivity index (χ2n) is 10.2. The number of alkyl halides is 3. The van der Waals surface area contributed by atoms with Crippen molar-refractivity contribution in [1.29, 1.82) is 0 Å². The van der Waals surface area contributed by atoms with E-state index >= 15 is 4.39 Å². The fourth-order valence-corrected chi connectivity index (χ4v) is 4.67. The molecule has 3 rings (SSSR count). The normalized spacial score (nSPS) is 12.0. The highest BCUT2D eigenvalue weighted by molar-refractivity contribution is 5.95. The van der Waals surface area contributed by atoms with E-state index in [9.17, 15) is 27.9 Å². The summed E-state index contributed by atoms with van der Waals surface area (Å²) in [5.41, 5.74) is 1.14. The first-order chi connectivity index (χ1) is 20.5. The van der Waals surface area contributed by atoms with Crippen LogP contribution in [-0.2, 0) is 4.74 Å². The van der Waals surface area contributed by atoms with E-state index < -0.39 is 42.0 Å². The second kappa shape index (κ2) is 15.9. The third-order valence-corrected chi connectivity index (χ3v) is 6.98. The van der Waals surface area contributed by atoms with Gasteiger partial charge in [-0.05, 0) is 71.5 Å². The van der Waals surface area contributed by atoms with Gasteiger partial charge in [-0.2, -0.15) is 13.2 Å². The van der Waals surface area contributed by atoms with Crippen LogP contribution in [0.5, 0.6) is 5.75 Å². The molecule has 1 unspecified atom stereocenters. The lowest BCUT2D eigenvalue weighted by atomic mass is 9.92. The van der Waals surface area contributed by atoms with Gasteiger partial charge in [-0.3, -0.25) is 0 Å². The Morgan fingerprint density at radius 3 is 2.14 bits per heavy atom. The van der Waals surface area contributed by atoms with Gasteiger partial charge in [0.15, 0.2) is 6.10 Å². The standard InChI is InChI=1S/C34H36F4O5/c1-3-5-6-7-8-9-10-11-31(34(36,37)38)43-33(41)28-19-14-24(22-30(28)35)29-21-25(32(39)40)15-18-27(29)23-12-16-26(17-13-23)42-20-4-2/h4,12-19,21-22,31H,2-3,5-11,20H2,1H3,(H,39,40). The Morgan fingerprint density at radius 2 is 1.53 bits per heavy atom. The van der Waals surface area contributed by atoms with Crippen molar-refractivity contribution in [1.82, 2.24) is 0 Å². The largest absolute Gasteiger partial charge is 0.490 e. The highest BCUT2D eigenvalue weighted by atomic mass is 19.4. The van der Waals surface area contributed by atoms with Crippen molar-refractivity contribution in [3.8, 4) is 28.0 Å². The molecule has 3 aromatic rings. The molecule has 0 bridgehead atoms. The summed E-state index contributed by atoms with van der Waals surface area (Å²) in [7, 11) is 0. The van der Waals surface area contributed by atoms with Crippen LogP contribution in [0, 0.1) is 5.82 Å². The van der Waals surface area contributed by atoms with Gasteiger partial charge in [0.2, 0.25) is 0 Å². The molecule has 0 amide bonds. The predicted molar refractivity (Wildman–Crippen MR) is 158 cm³/mol. The summed E-state index contributed by atoms with van der Waals surface area (Å²) in [5.74, 6) is -3.10. The quantitative estimate of drug-likeness (QED) is 0.0767. The van der Waals surface area contributed by atoms with Gasteiger partial charge in [0.25, 0.3) is 0 Å². The number of rotatable bonds is 16. The van der Waals surface area contributed by atoms with Gasteiger partial charge in [-0.15, -0.1) is 0 Å². The van der Waals surface area contributed by atoms with Gasteiger partial charge in [-0.1, -0.05) is 82.4 Å². The predicted octanol–water partition coefficient (Wildman–Crippen LogP) is 9.65. The van der Waals surface area contributed by atoms with Crippen LogP contribution in [0.1, 0.15) is 79.0 Å². The van der Waals surface area contributed by atoms with E-state index in [1.165, 1.54) is 18.2 Å². The molecular formula is C34H36F4O5. The Kier molecular flexibility index (Phi) is 12.3. The molecule has 0 aliphatic carbocycles. The lowest BCUT2D eigenvalue weighted by Crippen LogP contribution is -2.34. The van der Waals surface area contributed by atoms with E-state index in [0.717, 1.165) is 44.2 Å². The molecule has 0 fully saturated rings. The van der Waals surface area contributed by atoms with Crippen LogP contribution in [0.3, 0.4) is 0 Å². The Balaban J connectivity index is 1.82. The number of unbranched alkanes of at least 4 members (excludes halogenated alkanes) is 6. The zero-order chi connectivity index (χ0) is 31.4. The van der Waals surface area contributed by atoms with E-state index in [1.54, 1.807) is 36.4 Å². The fraction of sp³-hybridized carbons (Fsp3) is 0.353. The van der Waals surface area contributed by atoms with Gasteiger partial charge >= 0.3 is 18.1 Å². The monoisotopic (exact) mass is 600 g/mol. The Labute approximate surface area is 249 Å². The van der Waals surface area contributed by atoms with Crippen LogP contribution >= 0.6 is 0 Å². The van der Waals surface area contributed by atoms with Crippen LogP contribution < -0.4 is 4.74 Å². The van der Waals surface area contributed by atoms with Gasteiger partial charge in [0, 0.05) is 0 Å². The molecule has 0 saturated heterocycles. The Hall–Kier alpha value is -4.14. The first-order valence-corrected chi connectivity index (χ1v) is 14.3. The van der Waals surface area contributed by atoms with Gasteiger partial charge in [-0.25, -0.2) is 14.0 Å². The van der Waals surface area contributed by atoms with E-state index in [0.29, 0.717) is 35.5 Å². The zero-order valence-corrected chi connectivity index (χ0v) is 24.1. The van der Waals surface area contributed by atoms with E-state index in [2.05, 4.69) is 13.5 Å². The molecule has 0 aromatic heterocycles. The lowest BCUT2D eigenvalue weighted by Gasteiger charge is -2.21. The van der Waals surface area contributed by atoms with Gasteiger partial charge < -0.3 is 14.6 Å². The summed E-state index contributed by atoms with van der Waals surface area (Å²) in [6.45, 7) is 5.99. The van der Waals surface area contributed by atoms with Crippen molar-refractivity contribution in [2.75, 3.05) is 6.61 Å². The summed E-state index contributed by atoms with van der Waals surface area (Å²) in [6.07, 6.45) is -0.189. The minimum absolute atomic E-state index is 0.0491. The van der Waals surface area contributed by atoms with E-state index in [4.69, 9.17) is 9.47 Å². The molecular weight excluding hydrogens is 564 g/mol. The SMILES string of the molecule is C=CCOc1ccc(-c2ccc(C(=O)O)cc2-c2ccc(C(=O)OC(CCCCCCCCC)C(F)(F)F)c(F)c2)cc1. The molecule has 43 heavy (non-hydrogen) atoms. The number of esters is 1. The molecule has 0 radical (unpaired) electrons. The number of carboxylic acids is 1. The molecule has 3 aromatic carbocycles. The molecule has 9 heteroatoms. The number of hydrogen-bond acceptors (Lipinski definition) is 4. The lowest BCUT2D eigenvalue weighted by molar-refractivity contribution is -0.206. The summed E-state index contributed by atoms with van der Waals surface area (Å²) < 4.78 is 66.3. The smallest absolute Gasteiger partial charge is 0.425 e. The Bertz CT molecular complexity index is 1380. The van der Waals surface area contributed by atoms with E-state index in [-0.39, 0.29) is 17.5 Å². The highest BCUT2D eigenvalue weighted by Gasteiger charge is 2.42. The van der Waals surface area contributed by atoms with Crippen molar-refractivity contribution in [2.24, 2.45) is 0 Å². The minimum atomic E-state index is -4.78. The average molecular weight is 601 g/mol. The number of ether oxygens (including phenoxy) is 2. The molecule has 0 spiro atoms. The van der Waals surface area contributed by atoms with Crippen LogP contribution in [0.15, 0.2) is 73.3 Å². The number of carboxylic acid groups (broad SMARTS) is 1. The summed E-state index contributed by atoms with van der Waals surface area (Å²) >= 11 is 0. The maximum absolute atomic E-state index is 15.2. The molecule has 0 aliphatic heterocycles. The van der Waals surface area contributed by atoms with Crippen LogP contribution in [-0.4, -0.2) is 35.9 Å². The average Bonchev–Trinajstić information content (AvgIpc) is 2.98. The Morgan fingerprint density at radius 1 is 0.884 bits per heavy atom. The maximum Gasteiger partial charge on any atom is 0.425 e. The second-order valence-corrected chi connectivity index (χ2v) is 10.2. The van der Waals surface area contributed by atoms with Crippen LogP contribution in [0.2, 0.25) is 0 Å². The number of hydrogen-bond donors (Lipinski definition) is 1. The van der Waals surface area contributed by atoms with Crippen LogP contribution in [0.4, 0.5) is 17.6 Å². The van der Waals surface area contributed by atoms with Crippen molar-refractivity contribution >= 4 is 11.9 Å². The third kappa shape index (κ3) is 9.70. The number of halogens is 4. The highest BCUT2D eigenvalue weighted by Crippen LogP contribution is 2.35. The molecule has 1 N–H and O–H groups in total. The van der Waals surface area contributed by atoms with Crippen molar-refractivity contribution < 1.29 is 41.7 Å². The van der Waals surface area contributed by atoms with Gasteiger partial charge in [0.1, 0.15) is 18.2 Å². The summed E-state index contributed by atoms with van der Waals surface area (Å²) in [4.78, 5) is 24.3. The third-order valence-electron chi connectivity index (χ3n) is 6.98. The molecule has 0 heterocycles. The van der Waals surface area contributed by atoms with Crippen molar-refractivity contribution in [3.05, 3.63) is 90.3 Å². The zero-order valence-electron chi connectivity index (χ0n) is 24.1. The first kappa shape index (κ1) is 33.4. The molecule has 1 atom stereocenters. The van der Waals surface area contributed by atoms with Crippen molar-refractivity contribution in [3.63, 3.8) is 0 Å². The summed E-state index contributed by atoms with van der Waals surface area (Å²) in [5, 5.41) is 9.53. The number of carbonyl (C=O) groups is 2. The molecule has 0 saturated carbocycles. The molecule has 0 aliphatic rings. The van der Waals surface area contributed by atoms with E-state index in [1.807, 2.05) is 0 Å². The van der Waals surface area contributed by atoms with Crippen LogP contribution in [0.25, 0.3) is 22.3 Å². The molecule has 5 nitrogen and oxygen atoms in total. The van der Waals surface area contributed by atoms with Gasteiger partial charge in [0.05, 0.1) is 11.1 Å². The maximum atomic E-state index is 15.2. The minimum Gasteiger partial charge on any atom is -0.490 e. The van der Waals surface area contributed by atoms with Crippen molar-refractivity contribution in [2.45, 2.75) is 70.6 Å². The number of benzene rings is 3. The number of carbonyl (C=O) groups excluding carboxylic acids is 1. The summed E-state index contributed by atoms with van der Waals surface area (Å²) in [6, 6.07) is 14.7. The fourth-order valence-electron chi connectivity index (χ4n) is 4.67.